The lowest BCUT2D eigenvalue weighted by Crippen LogP contribution is -2.45. The van der Waals surface area contributed by atoms with E-state index in [2.05, 4.69) is 24.8 Å². The van der Waals surface area contributed by atoms with E-state index in [1.165, 1.54) is 5.56 Å². The van der Waals surface area contributed by atoms with Crippen LogP contribution in [0.4, 0.5) is 0 Å². The summed E-state index contributed by atoms with van der Waals surface area (Å²) in [5.74, 6) is 0.939. The highest BCUT2D eigenvalue weighted by atomic mass is 16.3. The van der Waals surface area contributed by atoms with E-state index >= 15 is 0 Å². The second-order valence-corrected chi connectivity index (χ2v) is 5.30. The molecule has 0 saturated carbocycles. The van der Waals surface area contributed by atoms with Gasteiger partial charge < -0.3 is 10.8 Å². The van der Waals surface area contributed by atoms with Crippen molar-refractivity contribution in [2.45, 2.75) is 32.9 Å². The molecule has 1 heterocycles. The van der Waals surface area contributed by atoms with Crippen LogP contribution in [0.2, 0.25) is 0 Å². The molecule has 3 N–H and O–H groups in total. The summed E-state index contributed by atoms with van der Waals surface area (Å²) >= 11 is 0. The quantitative estimate of drug-likeness (QED) is 0.821. The lowest BCUT2D eigenvalue weighted by molar-refractivity contribution is 0.156. The Morgan fingerprint density at radius 1 is 1.47 bits per heavy atom. The van der Waals surface area contributed by atoms with Crippen molar-refractivity contribution in [3.05, 3.63) is 29.3 Å². The first-order valence-electron chi connectivity index (χ1n) is 6.32. The van der Waals surface area contributed by atoms with Gasteiger partial charge in [0.15, 0.2) is 0 Å². The molecule has 1 aromatic carbocycles. The van der Waals surface area contributed by atoms with E-state index < -0.39 is 0 Å². The van der Waals surface area contributed by atoms with Crippen molar-refractivity contribution in [1.82, 2.24) is 4.90 Å². The van der Waals surface area contributed by atoms with E-state index in [4.69, 9.17) is 5.73 Å². The highest BCUT2D eigenvalue weighted by molar-refractivity contribution is 5.35. The van der Waals surface area contributed by atoms with Crippen molar-refractivity contribution in [3.8, 4) is 5.75 Å². The molecule has 2 rings (SSSR count). The molecule has 0 amide bonds. The first-order valence-corrected chi connectivity index (χ1v) is 6.32. The number of rotatable bonds is 2. The fourth-order valence-corrected chi connectivity index (χ4v) is 2.48. The average molecular weight is 234 g/mol. The third kappa shape index (κ3) is 2.99. The number of phenolic OH excluding ortho intramolecular Hbond substituents is 1. The molecule has 0 bridgehead atoms. The van der Waals surface area contributed by atoms with Crippen LogP contribution in [0.1, 0.15) is 24.5 Å². The molecule has 1 fully saturated rings. The largest absolute Gasteiger partial charge is 0.508 e. The van der Waals surface area contributed by atoms with Gasteiger partial charge in [-0.1, -0.05) is 24.6 Å². The fourth-order valence-electron chi connectivity index (χ4n) is 2.48. The van der Waals surface area contributed by atoms with E-state index in [1.807, 2.05) is 6.07 Å². The summed E-state index contributed by atoms with van der Waals surface area (Å²) in [6, 6.07) is 6.11. The van der Waals surface area contributed by atoms with Crippen LogP contribution >= 0.6 is 0 Å². The molecule has 17 heavy (non-hydrogen) atoms. The topological polar surface area (TPSA) is 49.5 Å². The maximum Gasteiger partial charge on any atom is 0.120 e. The minimum absolute atomic E-state index is 0.331. The summed E-state index contributed by atoms with van der Waals surface area (Å²) in [7, 11) is 0. The minimum atomic E-state index is 0.331. The zero-order valence-corrected chi connectivity index (χ0v) is 10.7. The summed E-state index contributed by atoms with van der Waals surface area (Å²) in [5.41, 5.74) is 8.23. The Kier molecular flexibility index (Phi) is 3.69. The molecule has 3 nitrogen and oxygen atoms in total. The maximum absolute atomic E-state index is 9.83. The van der Waals surface area contributed by atoms with E-state index in [-0.39, 0.29) is 0 Å². The van der Waals surface area contributed by atoms with Gasteiger partial charge in [0.05, 0.1) is 0 Å². The van der Waals surface area contributed by atoms with Crippen LogP contribution in [0, 0.1) is 12.8 Å². The predicted molar refractivity (Wildman–Crippen MR) is 69.9 cm³/mol. The van der Waals surface area contributed by atoms with Gasteiger partial charge in [0.2, 0.25) is 0 Å². The number of phenols is 1. The Hall–Kier alpha value is -1.06. The number of likely N-dealkylation sites (tertiary alicyclic amines) is 1. The van der Waals surface area contributed by atoms with Crippen molar-refractivity contribution in [3.63, 3.8) is 0 Å². The van der Waals surface area contributed by atoms with Crippen molar-refractivity contribution in [2.24, 2.45) is 11.7 Å². The van der Waals surface area contributed by atoms with Crippen molar-refractivity contribution in [1.29, 1.82) is 0 Å². The summed E-state index contributed by atoms with van der Waals surface area (Å²) in [6.07, 6.45) is 1.05. The second-order valence-electron chi connectivity index (χ2n) is 5.30. The summed E-state index contributed by atoms with van der Waals surface area (Å²) in [5, 5.41) is 9.83. The zero-order chi connectivity index (χ0) is 12.4. The maximum atomic E-state index is 9.83. The Morgan fingerprint density at radius 2 is 2.24 bits per heavy atom. The normalized spacial score (nSPS) is 26.1. The third-order valence-corrected chi connectivity index (χ3v) is 3.68. The first kappa shape index (κ1) is 12.4. The predicted octanol–water partition coefficient (Wildman–Crippen LogP) is 1.87. The molecule has 1 aliphatic rings. The number of hydrogen-bond donors (Lipinski definition) is 2. The number of benzene rings is 1. The molecule has 0 aliphatic carbocycles. The average Bonchev–Trinajstić information content (AvgIpc) is 2.29. The van der Waals surface area contributed by atoms with Gasteiger partial charge in [-0.3, -0.25) is 4.90 Å². The monoisotopic (exact) mass is 234 g/mol. The number of aromatic hydroxyl groups is 1. The third-order valence-electron chi connectivity index (χ3n) is 3.68. The molecule has 94 valence electrons. The van der Waals surface area contributed by atoms with Gasteiger partial charge in [0.1, 0.15) is 5.75 Å². The van der Waals surface area contributed by atoms with Crippen LogP contribution in [-0.4, -0.2) is 29.1 Å². The lowest BCUT2D eigenvalue weighted by Gasteiger charge is -2.35. The summed E-state index contributed by atoms with van der Waals surface area (Å²) in [6.45, 7) is 7.13. The number of piperidine rings is 1. The highest BCUT2D eigenvalue weighted by Crippen LogP contribution is 2.23. The van der Waals surface area contributed by atoms with E-state index in [0.29, 0.717) is 17.7 Å². The molecule has 0 aromatic heterocycles. The number of hydrogen-bond acceptors (Lipinski definition) is 3. The minimum Gasteiger partial charge on any atom is -0.508 e. The van der Waals surface area contributed by atoms with Gasteiger partial charge in [-0.05, 0) is 31.9 Å². The molecule has 1 saturated heterocycles. The zero-order valence-electron chi connectivity index (χ0n) is 10.7. The van der Waals surface area contributed by atoms with Gasteiger partial charge in [-0.2, -0.15) is 0 Å². The molecule has 3 heteroatoms. The van der Waals surface area contributed by atoms with Crippen LogP contribution in [-0.2, 0) is 6.54 Å². The SMILES string of the molecule is Cc1ccc(O)c(CN2CCC(N)C(C)C2)c1. The molecular weight excluding hydrogens is 212 g/mol. The molecule has 2 atom stereocenters. The van der Waals surface area contributed by atoms with Gasteiger partial charge in [0.25, 0.3) is 0 Å². The van der Waals surface area contributed by atoms with Crippen molar-refractivity contribution in [2.75, 3.05) is 13.1 Å². The molecule has 1 aromatic rings. The molecule has 1 aliphatic heterocycles. The Bertz CT molecular complexity index is 392. The van der Waals surface area contributed by atoms with Gasteiger partial charge in [-0.25, -0.2) is 0 Å². The van der Waals surface area contributed by atoms with E-state index in [1.54, 1.807) is 6.07 Å². The Labute approximate surface area is 103 Å². The smallest absolute Gasteiger partial charge is 0.120 e. The van der Waals surface area contributed by atoms with E-state index in [9.17, 15) is 5.11 Å². The lowest BCUT2D eigenvalue weighted by atomic mass is 9.94. The number of nitrogens with zero attached hydrogens (tertiary/aromatic N) is 1. The van der Waals surface area contributed by atoms with Crippen LogP contribution in [0.25, 0.3) is 0 Å². The van der Waals surface area contributed by atoms with Gasteiger partial charge in [-0.15, -0.1) is 0 Å². The summed E-state index contributed by atoms with van der Waals surface area (Å²) < 4.78 is 0. The van der Waals surface area contributed by atoms with Gasteiger partial charge in [0, 0.05) is 24.7 Å². The first-order chi connectivity index (χ1) is 8.06. The summed E-state index contributed by atoms with van der Waals surface area (Å²) in [4.78, 5) is 2.38. The van der Waals surface area contributed by atoms with Crippen molar-refractivity contribution < 1.29 is 5.11 Å². The van der Waals surface area contributed by atoms with Gasteiger partial charge >= 0.3 is 0 Å². The van der Waals surface area contributed by atoms with E-state index in [0.717, 1.165) is 31.6 Å². The van der Waals surface area contributed by atoms with Crippen LogP contribution in [0.5, 0.6) is 5.75 Å². The van der Waals surface area contributed by atoms with Crippen LogP contribution in [0.15, 0.2) is 18.2 Å². The molecular formula is C14H22N2O. The van der Waals surface area contributed by atoms with Crippen LogP contribution < -0.4 is 5.73 Å². The standard InChI is InChI=1S/C14H22N2O/c1-10-3-4-14(17)12(7-10)9-16-6-5-13(15)11(2)8-16/h3-4,7,11,13,17H,5-6,8-9,15H2,1-2H3. The fraction of sp³-hybridized carbons (Fsp3) is 0.571. The second kappa shape index (κ2) is 5.07. The van der Waals surface area contributed by atoms with Crippen molar-refractivity contribution >= 4 is 0 Å². The Balaban J connectivity index is 2.03. The highest BCUT2D eigenvalue weighted by Gasteiger charge is 2.23. The number of nitrogens with two attached hydrogens (primary N) is 1. The number of aryl methyl sites for hydroxylation is 1. The molecule has 0 radical (unpaired) electrons. The molecule has 2 unspecified atom stereocenters. The Morgan fingerprint density at radius 3 is 2.94 bits per heavy atom. The molecule has 0 spiro atoms. The van der Waals surface area contributed by atoms with Crippen LogP contribution in [0.3, 0.4) is 0 Å².